The monoisotopic (exact) mass is 510 g/mol. The highest BCUT2D eigenvalue weighted by molar-refractivity contribution is 9.10. The van der Waals surface area contributed by atoms with E-state index in [-0.39, 0.29) is 17.4 Å². The Bertz CT molecular complexity index is 1250. The van der Waals surface area contributed by atoms with Crippen LogP contribution in [0.1, 0.15) is 0 Å². The van der Waals surface area contributed by atoms with Gasteiger partial charge in [0.1, 0.15) is 11.5 Å². The summed E-state index contributed by atoms with van der Waals surface area (Å²) in [5, 5.41) is 22.4. The number of para-hydroxylation sites is 3. The number of carbonyl (C=O) groups excluding carboxylic acids is 1. The summed E-state index contributed by atoms with van der Waals surface area (Å²) in [6.45, 7) is 0. The van der Waals surface area contributed by atoms with Crippen molar-refractivity contribution in [2.75, 3.05) is 18.2 Å². The van der Waals surface area contributed by atoms with Crippen LogP contribution in [0.4, 0.5) is 5.69 Å². The van der Waals surface area contributed by atoms with Crippen molar-refractivity contribution in [1.82, 2.24) is 14.8 Å². The normalized spacial score (nSPS) is 10.7. The highest BCUT2D eigenvalue weighted by Gasteiger charge is 2.20. The Hall–Kier alpha value is -3.30. The molecule has 0 aliphatic carbocycles. The van der Waals surface area contributed by atoms with E-state index in [0.717, 1.165) is 10.2 Å². The maximum atomic E-state index is 12.6. The lowest BCUT2D eigenvalue weighted by Crippen LogP contribution is -2.15. The van der Waals surface area contributed by atoms with Gasteiger partial charge in [0, 0.05) is 10.2 Å². The predicted octanol–water partition coefficient (Wildman–Crippen LogP) is 5.14. The number of benzene rings is 3. The number of ether oxygens (including phenoxy) is 1. The largest absolute Gasteiger partial charge is 0.507 e. The van der Waals surface area contributed by atoms with E-state index in [2.05, 4.69) is 31.4 Å². The van der Waals surface area contributed by atoms with Crippen LogP contribution >= 0.6 is 27.7 Å². The van der Waals surface area contributed by atoms with E-state index in [1.807, 2.05) is 47.0 Å². The van der Waals surface area contributed by atoms with Crippen LogP contribution in [0.15, 0.2) is 82.4 Å². The number of methoxy groups -OCH3 is 1. The molecule has 0 aliphatic heterocycles. The smallest absolute Gasteiger partial charge is 0.234 e. The summed E-state index contributed by atoms with van der Waals surface area (Å²) in [5.74, 6) is 1.07. The summed E-state index contributed by atoms with van der Waals surface area (Å²) in [4.78, 5) is 12.6. The fourth-order valence-electron chi connectivity index (χ4n) is 3.10. The van der Waals surface area contributed by atoms with E-state index >= 15 is 0 Å². The van der Waals surface area contributed by atoms with Crippen molar-refractivity contribution >= 4 is 39.3 Å². The molecule has 2 N–H and O–H groups in total. The molecule has 4 aromatic rings. The maximum absolute atomic E-state index is 12.6. The van der Waals surface area contributed by atoms with Gasteiger partial charge in [0.25, 0.3) is 0 Å². The second-order valence-electron chi connectivity index (χ2n) is 6.68. The van der Waals surface area contributed by atoms with Crippen LogP contribution in [0.25, 0.3) is 17.1 Å². The topological polar surface area (TPSA) is 89.3 Å². The summed E-state index contributed by atoms with van der Waals surface area (Å²) in [7, 11) is 1.56. The molecule has 0 saturated heterocycles. The number of nitrogens with zero attached hydrogens (tertiary/aromatic N) is 3. The van der Waals surface area contributed by atoms with Crippen molar-refractivity contribution in [2.24, 2.45) is 0 Å². The van der Waals surface area contributed by atoms with Crippen LogP contribution in [0, 0.1) is 0 Å². The molecule has 0 spiro atoms. The first-order valence-electron chi connectivity index (χ1n) is 9.62. The zero-order valence-corrected chi connectivity index (χ0v) is 19.4. The number of hydrogen-bond acceptors (Lipinski definition) is 6. The van der Waals surface area contributed by atoms with Crippen molar-refractivity contribution in [3.05, 3.63) is 77.3 Å². The summed E-state index contributed by atoms with van der Waals surface area (Å²) in [6.07, 6.45) is 0. The van der Waals surface area contributed by atoms with Gasteiger partial charge in [-0.1, -0.05) is 58.0 Å². The maximum Gasteiger partial charge on any atom is 0.234 e. The fraction of sp³-hybridized carbons (Fsp3) is 0.0870. The number of aromatic hydroxyl groups is 1. The Morgan fingerprint density at radius 2 is 1.84 bits per heavy atom. The molecular formula is C23H19BrN4O3S. The first-order chi connectivity index (χ1) is 15.6. The van der Waals surface area contributed by atoms with E-state index in [4.69, 9.17) is 4.74 Å². The molecule has 7 nitrogen and oxygen atoms in total. The van der Waals surface area contributed by atoms with Gasteiger partial charge in [0.2, 0.25) is 5.91 Å². The first-order valence-corrected chi connectivity index (χ1v) is 11.4. The molecule has 0 radical (unpaired) electrons. The average molecular weight is 511 g/mol. The van der Waals surface area contributed by atoms with Gasteiger partial charge in [-0.15, -0.1) is 10.2 Å². The Morgan fingerprint density at radius 3 is 2.62 bits per heavy atom. The SMILES string of the molecule is COc1ccccc1NC(=O)CSc1nnc(-c2cc(Br)ccc2O)n1-c1ccccc1. The second kappa shape index (κ2) is 9.88. The molecule has 9 heteroatoms. The molecule has 3 aromatic carbocycles. The lowest BCUT2D eigenvalue weighted by molar-refractivity contribution is -0.113. The van der Waals surface area contributed by atoms with Crippen molar-refractivity contribution < 1.29 is 14.6 Å². The van der Waals surface area contributed by atoms with Gasteiger partial charge in [0.15, 0.2) is 11.0 Å². The summed E-state index contributed by atoms with van der Waals surface area (Å²) in [6, 6.07) is 21.9. The number of thioether (sulfide) groups is 1. The molecule has 0 atom stereocenters. The van der Waals surface area contributed by atoms with Gasteiger partial charge >= 0.3 is 0 Å². The van der Waals surface area contributed by atoms with Crippen molar-refractivity contribution in [3.8, 4) is 28.6 Å². The van der Waals surface area contributed by atoms with Crippen LogP contribution in [-0.4, -0.2) is 38.6 Å². The van der Waals surface area contributed by atoms with Gasteiger partial charge < -0.3 is 15.2 Å². The quantitative estimate of drug-likeness (QED) is 0.334. The van der Waals surface area contributed by atoms with Gasteiger partial charge in [-0.2, -0.15) is 0 Å². The molecule has 0 bridgehead atoms. The zero-order chi connectivity index (χ0) is 22.5. The highest BCUT2D eigenvalue weighted by Crippen LogP contribution is 2.34. The Labute approximate surface area is 197 Å². The minimum absolute atomic E-state index is 0.0863. The van der Waals surface area contributed by atoms with Gasteiger partial charge in [0.05, 0.1) is 24.1 Å². The average Bonchev–Trinajstić information content (AvgIpc) is 3.24. The number of phenolic OH excluding ortho intramolecular Hbond substituents is 1. The molecule has 162 valence electrons. The molecule has 1 aromatic heterocycles. The van der Waals surface area contributed by atoms with Crippen LogP contribution in [0.5, 0.6) is 11.5 Å². The van der Waals surface area contributed by atoms with Crippen molar-refractivity contribution in [2.45, 2.75) is 5.16 Å². The molecule has 0 fully saturated rings. The summed E-state index contributed by atoms with van der Waals surface area (Å²) < 4.78 is 7.91. The Kier molecular flexibility index (Phi) is 6.77. The van der Waals surface area contributed by atoms with Crippen LogP contribution in [0.3, 0.4) is 0 Å². The number of amides is 1. The van der Waals surface area contributed by atoms with Crippen LogP contribution in [0.2, 0.25) is 0 Å². The number of phenols is 1. The minimum Gasteiger partial charge on any atom is -0.507 e. The molecular weight excluding hydrogens is 492 g/mol. The fourth-order valence-corrected chi connectivity index (χ4v) is 4.21. The number of nitrogens with one attached hydrogen (secondary N) is 1. The van der Waals surface area contributed by atoms with Gasteiger partial charge in [-0.3, -0.25) is 9.36 Å². The molecule has 1 heterocycles. The molecule has 0 unspecified atom stereocenters. The van der Waals surface area contributed by atoms with Crippen LogP contribution < -0.4 is 10.1 Å². The minimum atomic E-state index is -0.200. The lowest BCUT2D eigenvalue weighted by atomic mass is 10.2. The second-order valence-corrected chi connectivity index (χ2v) is 8.53. The van der Waals surface area contributed by atoms with Crippen molar-refractivity contribution in [3.63, 3.8) is 0 Å². The number of halogens is 1. The van der Waals surface area contributed by atoms with E-state index in [0.29, 0.717) is 28.0 Å². The predicted molar refractivity (Wildman–Crippen MR) is 129 cm³/mol. The third kappa shape index (κ3) is 4.79. The lowest BCUT2D eigenvalue weighted by Gasteiger charge is -2.12. The number of aromatic nitrogens is 3. The molecule has 0 saturated carbocycles. The first kappa shape index (κ1) is 21.9. The third-order valence-electron chi connectivity index (χ3n) is 4.56. The van der Waals surface area contributed by atoms with E-state index < -0.39 is 0 Å². The van der Waals surface area contributed by atoms with Crippen LogP contribution in [-0.2, 0) is 4.79 Å². The number of anilines is 1. The third-order valence-corrected chi connectivity index (χ3v) is 5.98. The number of rotatable bonds is 7. The highest BCUT2D eigenvalue weighted by atomic mass is 79.9. The summed E-state index contributed by atoms with van der Waals surface area (Å²) >= 11 is 4.69. The van der Waals surface area contributed by atoms with Gasteiger partial charge in [-0.05, 0) is 42.5 Å². The standard InChI is InChI=1S/C23H19BrN4O3S/c1-31-20-10-6-5-9-18(20)25-21(30)14-32-23-27-26-22(17-13-15(24)11-12-19(17)29)28(23)16-7-3-2-4-8-16/h2-13,29H,14H2,1H3,(H,25,30). The molecule has 0 aliphatic rings. The number of hydrogen-bond donors (Lipinski definition) is 2. The number of carbonyl (C=O) groups is 1. The zero-order valence-electron chi connectivity index (χ0n) is 17.0. The Morgan fingerprint density at radius 1 is 1.09 bits per heavy atom. The van der Waals surface area contributed by atoms with E-state index in [1.54, 1.807) is 37.4 Å². The Balaban J connectivity index is 1.62. The molecule has 1 amide bonds. The van der Waals surface area contributed by atoms with E-state index in [9.17, 15) is 9.90 Å². The molecule has 4 rings (SSSR count). The van der Waals surface area contributed by atoms with E-state index in [1.165, 1.54) is 11.8 Å². The summed E-state index contributed by atoms with van der Waals surface area (Å²) in [5.41, 5.74) is 1.95. The van der Waals surface area contributed by atoms with Gasteiger partial charge in [-0.25, -0.2) is 0 Å². The van der Waals surface area contributed by atoms with Crippen molar-refractivity contribution in [1.29, 1.82) is 0 Å². The molecule has 32 heavy (non-hydrogen) atoms.